The summed E-state index contributed by atoms with van der Waals surface area (Å²) in [6.45, 7) is 5.66. The van der Waals surface area contributed by atoms with E-state index in [1.807, 2.05) is 13.8 Å². The van der Waals surface area contributed by atoms with E-state index in [1.165, 1.54) is 24.0 Å². The summed E-state index contributed by atoms with van der Waals surface area (Å²) in [6.07, 6.45) is 3.95. The van der Waals surface area contributed by atoms with Gasteiger partial charge in [-0.25, -0.2) is 8.42 Å². The topological polar surface area (TPSA) is 119 Å². The Bertz CT molecular complexity index is 605. The number of aryl methyl sites for hydroxylation is 1. The summed E-state index contributed by atoms with van der Waals surface area (Å²) >= 11 is 0. The maximum absolute atomic E-state index is 12.2. The van der Waals surface area contributed by atoms with Crippen LogP contribution in [0, 0.1) is 0 Å². The largest absolute Gasteiger partial charge is 0.348 e. The first-order chi connectivity index (χ1) is 10.2. The van der Waals surface area contributed by atoms with Crippen molar-refractivity contribution in [1.82, 2.24) is 19.8 Å². The molecule has 0 saturated carbocycles. The second kappa shape index (κ2) is 8.62. The lowest BCUT2D eigenvalue weighted by Gasteiger charge is -2.32. The van der Waals surface area contributed by atoms with Crippen molar-refractivity contribution in [2.45, 2.75) is 50.1 Å². The zero-order valence-electron chi connectivity index (χ0n) is 13.9. The van der Waals surface area contributed by atoms with Crippen LogP contribution in [0.2, 0.25) is 0 Å². The summed E-state index contributed by atoms with van der Waals surface area (Å²) in [5.74, 6) is -0.401. The third-order valence-corrected chi connectivity index (χ3v) is 5.34. The summed E-state index contributed by atoms with van der Waals surface area (Å²) in [4.78, 5) is 12.3. The molecule has 1 aromatic rings. The molecule has 134 valence electrons. The van der Waals surface area contributed by atoms with Crippen LogP contribution < -0.4 is 15.8 Å². The van der Waals surface area contributed by atoms with Crippen molar-refractivity contribution in [3.05, 3.63) is 12.4 Å². The molecule has 0 aliphatic carbocycles. The first kappa shape index (κ1) is 21.8. The molecule has 0 spiro atoms. The van der Waals surface area contributed by atoms with Crippen LogP contribution in [0.5, 0.6) is 0 Å². The predicted molar refractivity (Wildman–Crippen MR) is 90.7 cm³/mol. The van der Waals surface area contributed by atoms with Crippen LogP contribution in [0.4, 0.5) is 0 Å². The number of nitrogens with one attached hydrogen (secondary N) is 2. The van der Waals surface area contributed by atoms with Gasteiger partial charge < -0.3 is 11.1 Å². The van der Waals surface area contributed by atoms with E-state index in [2.05, 4.69) is 15.1 Å². The van der Waals surface area contributed by atoms with E-state index in [-0.39, 0.29) is 17.3 Å². The SMILES string of the molecule is CCC(CC)(CN)NC(=O)C(C)NS(=O)(=O)c1cnn(C)c1.Cl. The molecule has 10 heteroatoms. The maximum Gasteiger partial charge on any atom is 0.244 e. The second-order valence-corrected chi connectivity index (χ2v) is 7.09. The van der Waals surface area contributed by atoms with Crippen LogP contribution in [0.1, 0.15) is 33.6 Å². The third kappa shape index (κ3) is 5.45. The van der Waals surface area contributed by atoms with E-state index in [9.17, 15) is 13.2 Å². The Morgan fingerprint density at radius 3 is 2.39 bits per heavy atom. The smallest absolute Gasteiger partial charge is 0.244 e. The van der Waals surface area contributed by atoms with Gasteiger partial charge in [0.2, 0.25) is 15.9 Å². The summed E-state index contributed by atoms with van der Waals surface area (Å²) in [5.41, 5.74) is 5.23. The lowest BCUT2D eigenvalue weighted by Crippen LogP contribution is -2.57. The highest BCUT2D eigenvalue weighted by atomic mass is 35.5. The zero-order valence-corrected chi connectivity index (χ0v) is 15.5. The van der Waals surface area contributed by atoms with E-state index in [0.717, 1.165) is 0 Å². The summed E-state index contributed by atoms with van der Waals surface area (Å²) in [5, 5.41) is 6.66. The van der Waals surface area contributed by atoms with Crippen molar-refractivity contribution in [3.63, 3.8) is 0 Å². The Labute approximate surface area is 143 Å². The van der Waals surface area contributed by atoms with Crippen LogP contribution in [0.3, 0.4) is 0 Å². The number of nitrogens with zero attached hydrogens (tertiary/aromatic N) is 2. The average Bonchev–Trinajstić information content (AvgIpc) is 2.92. The fraction of sp³-hybridized carbons (Fsp3) is 0.692. The standard InChI is InChI=1S/C13H25N5O3S.ClH/c1-5-13(6-2,9-14)16-12(19)10(3)17-22(20,21)11-7-15-18(4)8-11;/h7-8,10,17H,5-6,9,14H2,1-4H3,(H,16,19);1H. The predicted octanol–water partition coefficient (Wildman–Crippen LogP) is 0.142. The zero-order chi connectivity index (χ0) is 17.0. The Morgan fingerprint density at radius 1 is 1.43 bits per heavy atom. The van der Waals surface area contributed by atoms with E-state index < -0.39 is 27.5 Å². The van der Waals surface area contributed by atoms with E-state index >= 15 is 0 Å². The molecule has 23 heavy (non-hydrogen) atoms. The van der Waals surface area contributed by atoms with E-state index in [1.54, 1.807) is 7.05 Å². The summed E-state index contributed by atoms with van der Waals surface area (Å²) in [7, 11) is -2.17. The van der Waals surface area contributed by atoms with E-state index in [0.29, 0.717) is 19.4 Å². The number of hydrogen-bond donors (Lipinski definition) is 3. The van der Waals surface area contributed by atoms with Gasteiger partial charge in [0.15, 0.2) is 0 Å². The van der Waals surface area contributed by atoms with Crippen LogP contribution in [-0.2, 0) is 21.9 Å². The van der Waals surface area contributed by atoms with Crippen LogP contribution in [0.15, 0.2) is 17.3 Å². The Kier molecular flexibility index (Phi) is 8.19. The second-order valence-electron chi connectivity index (χ2n) is 5.37. The average molecular weight is 368 g/mol. The number of carbonyl (C=O) groups is 1. The number of sulfonamides is 1. The molecule has 0 aliphatic rings. The molecule has 0 bridgehead atoms. The number of hydrogen-bond acceptors (Lipinski definition) is 5. The van der Waals surface area contributed by atoms with Crippen molar-refractivity contribution in [2.24, 2.45) is 12.8 Å². The molecule has 1 rings (SSSR count). The van der Waals surface area contributed by atoms with Crippen molar-refractivity contribution in [3.8, 4) is 0 Å². The van der Waals surface area contributed by atoms with Gasteiger partial charge in [0.1, 0.15) is 4.90 Å². The molecule has 1 heterocycles. The van der Waals surface area contributed by atoms with Crippen LogP contribution >= 0.6 is 12.4 Å². The minimum absolute atomic E-state index is 0. The Morgan fingerprint density at radius 2 is 2.00 bits per heavy atom. The summed E-state index contributed by atoms with van der Waals surface area (Å²) < 4.78 is 28.1. The molecule has 4 N–H and O–H groups in total. The van der Waals surface area contributed by atoms with Gasteiger partial charge in [-0.2, -0.15) is 9.82 Å². The first-order valence-corrected chi connectivity index (χ1v) is 8.71. The fourth-order valence-electron chi connectivity index (χ4n) is 2.03. The highest BCUT2D eigenvalue weighted by Crippen LogP contribution is 2.14. The first-order valence-electron chi connectivity index (χ1n) is 7.22. The molecule has 1 unspecified atom stereocenters. The molecule has 8 nitrogen and oxygen atoms in total. The molecular weight excluding hydrogens is 342 g/mol. The van der Waals surface area contributed by atoms with Crippen molar-refractivity contribution in [1.29, 1.82) is 0 Å². The number of halogens is 1. The van der Waals surface area contributed by atoms with Crippen LogP contribution in [-0.4, -0.2) is 42.2 Å². The van der Waals surface area contributed by atoms with Crippen LogP contribution in [0.25, 0.3) is 0 Å². The third-order valence-electron chi connectivity index (χ3n) is 3.85. The number of rotatable bonds is 8. The lowest BCUT2D eigenvalue weighted by atomic mass is 9.92. The van der Waals surface area contributed by atoms with Crippen molar-refractivity contribution >= 4 is 28.3 Å². The molecule has 1 aromatic heterocycles. The molecule has 0 fully saturated rings. The number of amides is 1. The van der Waals surface area contributed by atoms with Gasteiger partial charge in [0.25, 0.3) is 0 Å². The van der Waals surface area contributed by atoms with Crippen molar-refractivity contribution < 1.29 is 13.2 Å². The summed E-state index contributed by atoms with van der Waals surface area (Å²) in [6, 6.07) is -0.908. The minimum Gasteiger partial charge on any atom is -0.348 e. The Balaban J connectivity index is 0.00000484. The highest BCUT2D eigenvalue weighted by molar-refractivity contribution is 7.89. The normalized spacial score (nSPS) is 13.3. The van der Waals surface area contributed by atoms with E-state index in [4.69, 9.17) is 5.73 Å². The van der Waals surface area contributed by atoms with Gasteiger partial charge >= 0.3 is 0 Å². The maximum atomic E-state index is 12.2. The monoisotopic (exact) mass is 367 g/mol. The molecule has 0 aromatic carbocycles. The lowest BCUT2D eigenvalue weighted by molar-refractivity contribution is -0.124. The fourth-order valence-corrected chi connectivity index (χ4v) is 3.21. The molecule has 1 amide bonds. The molecular formula is C13H26ClN5O3S. The Hall–Kier alpha value is -1.16. The van der Waals surface area contributed by atoms with Gasteiger partial charge in [-0.15, -0.1) is 12.4 Å². The number of carbonyl (C=O) groups excluding carboxylic acids is 1. The van der Waals surface area contributed by atoms with Gasteiger partial charge in [0.05, 0.1) is 17.8 Å². The molecule has 0 radical (unpaired) electrons. The quantitative estimate of drug-likeness (QED) is 0.604. The highest BCUT2D eigenvalue weighted by Gasteiger charge is 2.30. The van der Waals surface area contributed by atoms with Gasteiger partial charge in [-0.05, 0) is 19.8 Å². The van der Waals surface area contributed by atoms with Gasteiger partial charge in [-0.3, -0.25) is 9.48 Å². The van der Waals surface area contributed by atoms with Gasteiger partial charge in [-0.1, -0.05) is 13.8 Å². The molecule has 0 aliphatic heterocycles. The van der Waals surface area contributed by atoms with Crippen molar-refractivity contribution in [2.75, 3.05) is 6.54 Å². The molecule has 0 saturated heterocycles. The molecule has 1 atom stereocenters. The van der Waals surface area contributed by atoms with Gasteiger partial charge in [0, 0.05) is 19.8 Å². The number of aromatic nitrogens is 2. The minimum atomic E-state index is -3.78. The number of nitrogens with two attached hydrogens (primary N) is 1.